The van der Waals surface area contributed by atoms with Gasteiger partial charge < -0.3 is 9.80 Å². The zero-order chi connectivity index (χ0) is 61.5. The van der Waals surface area contributed by atoms with Crippen molar-refractivity contribution in [2.24, 2.45) is 0 Å². The third kappa shape index (κ3) is 15.0. The normalized spacial score (nSPS) is 11.3. The molecule has 0 aliphatic carbocycles. The van der Waals surface area contributed by atoms with Crippen molar-refractivity contribution >= 4 is 34.1 Å². The van der Waals surface area contributed by atoms with Crippen LogP contribution in [0.2, 0.25) is 0 Å². The van der Waals surface area contributed by atoms with E-state index in [0.29, 0.717) is 0 Å². The second-order valence-electron chi connectivity index (χ2n) is 24.8. The summed E-state index contributed by atoms with van der Waals surface area (Å²) >= 11 is 0. The molecule has 11 rings (SSSR count). The van der Waals surface area contributed by atoms with Crippen LogP contribution in [0.15, 0.2) is 249 Å². The zero-order valence-electron chi connectivity index (χ0n) is 54.0. The highest BCUT2D eigenvalue weighted by atomic mass is 15.1. The lowest BCUT2D eigenvalue weighted by Gasteiger charge is -2.28. The molecule has 0 radical (unpaired) electrons. The summed E-state index contributed by atoms with van der Waals surface area (Å²) < 4.78 is 0. The van der Waals surface area contributed by atoms with Crippen LogP contribution in [-0.4, -0.2) is 0 Å². The Bertz CT molecular complexity index is 4020. The monoisotopic (exact) mass is 1160 g/mol. The van der Waals surface area contributed by atoms with E-state index in [-0.39, 0.29) is 0 Å². The second-order valence-corrected chi connectivity index (χ2v) is 24.8. The predicted octanol–water partition coefficient (Wildman–Crippen LogP) is 25.7. The molecular formula is C87H90N2. The van der Waals surface area contributed by atoms with Crippen molar-refractivity contribution in [1.82, 2.24) is 0 Å². The van der Waals surface area contributed by atoms with E-state index in [2.05, 4.69) is 307 Å². The summed E-state index contributed by atoms with van der Waals surface area (Å²) in [6, 6.07) is 94.0. The standard InChI is InChI=1S/C87H90N2/c1-8-12-14-17-25-76-62-87(85-58-56-83(60-65(85)7)89(79-49-41-73(42-50-79)69-33-27-63(5)28-34-69)81-53-45-75(46-54-81)71-37-31-67(22-11-4)32-38-71)77(26-18-15-13-9-2)61-86(76)84-57-55-82(59-64(84)6)88(78-47-39-72(40-48-78)68-23-19-16-20-24-68)80-51-43-74(44-52-80)70-35-29-66(21-10-3)30-36-70/h16,19-20,23-24,27-62H,8-15,17-18,21-22,25-26H2,1-7H3. The lowest BCUT2D eigenvalue weighted by atomic mass is 9.84. The fraction of sp³-hybridized carbons (Fsp3) is 0.241. The van der Waals surface area contributed by atoms with E-state index in [1.807, 2.05) is 0 Å². The number of rotatable bonds is 26. The minimum Gasteiger partial charge on any atom is -0.310 e. The molecule has 0 fully saturated rings. The molecule has 0 aromatic heterocycles. The van der Waals surface area contributed by atoms with E-state index in [1.54, 1.807) is 0 Å². The first kappa shape index (κ1) is 61.7. The molecular weight excluding hydrogens is 1070 g/mol. The van der Waals surface area contributed by atoms with Crippen molar-refractivity contribution in [1.29, 1.82) is 0 Å². The Kier molecular flexibility index (Phi) is 20.7. The van der Waals surface area contributed by atoms with Crippen LogP contribution in [0.3, 0.4) is 0 Å². The molecule has 2 heteroatoms. The largest absolute Gasteiger partial charge is 0.310 e. The van der Waals surface area contributed by atoms with Crippen LogP contribution in [0, 0.1) is 20.8 Å². The maximum Gasteiger partial charge on any atom is 0.0464 e. The van der Waals surface area contributed by atoms with Gasteiger partial charge in [-0.05, 0) is 232 Å². The predicted molar refractivity (Wildman–Crippen MR) is 386 cm³/mol. The van der Waals surface area contributed by atoms with E-state index >= 15 is 0 Å². The first-order valence-electron chi connectivity index (χ1n) is 33.4. The highest BCUT2D eigenvalue weighted by Crippen LogP contribution is 2.44. The van der Waals surface area contributed by atoms with Gasteiger partial charge in [-0.1, -0.05) is 261 Å². The molecule has 11 aromatic rings. The number of anilines is 6. The Morgan fingerprint density at radius 1 is 0.236 bits per heavy atom. The van der Waals surface area contributed by atoms with Gasteiger partial charge in [-0.15, -0.1) is 0 Å². The van der Waals surface area contributed by atoms with Gasteiger partial charge in [-0.2, -0.15) is 0 Å². The molecule has 0 amide bonds. The summed E-state index contributed by atoms with van der Waals surface area (Å²) in [5.41, 5.74) is 31.5. The van der Waals surface area contributed by atoms with Crippen LogP contribution in [0.5, 0.6) is 0 Å². The van der Waals surface area contributed by atoms with Gasteiger partial charge in [0.2, 0.25) is 0 Å². The van der Waals surface area contributed by atoms with Crippen LogP contribution >= 0.6 is 0 Å². The molecule has 0 spiro atoms. The maximum atomic E-state index is 2.61. The van der Waals surface area contributed by atoms with Gasteiger partial charge in [-0.25, -0.2) is 0 Å². The Morgan fingerprint density at radius 2 is 0.539 bits per heavy atom. The van der Waals surface area contributed by atoms with Gasteiger partial charge >= 0.3 is 0 Å². The van der Waals surface area contributed by atoms with Crippen molar-refractivity contribution < 1.29 is 0 Å². The minimum atomic E-state index is 1.04. The Morgan fingerprint density at radius 3 is 0.854 bits per heavy atom. The van der Waals surface area contributed by atoms with Gasteiger partial charge in [0.1, 0.15) is 0 Å². The van der Waals surface area contributed by atoms with Gasteiger partial charge in [0.25, 0.3) is 0 Å². The third-order valence-electron chi connectivity index (χ3n) is 18.1. The van der Waals surface area contributed by atoms with Crippen LogP contribution in [-0.2, 0) is 25.7 Å². The molecule has 0 aliphatic rings. The van der Waals surface area contributed by atoms with Crippen LogP contribution in [0.25, 0.3) is 66.8 Å². The van der Waals surface area contributed by atoms with Crippen molar-refractivity contribution in [2.75, 3.05) is 9.80 Å². The van der Waals surface area contributed by atoms with E-state index in [4.69, 9.17) is 0 Å². The summed E-state index contributed by atoms with van der Waals surface area (Å²) in [6.07, 6.45) is 16.3. The molecule has 0 unspecified atom stereocenters. The minimum absolute atomic E-state index is 1.04. The van der Waals surface area contributed by atoms with Gasteiger partial charge in [0, 0.05) is 34.1 Å². The van der Waals surface area contributed by atoms with E-state index in [1.165, 1.54) is 144 Å². The Labute approximate surface area is 533 Å². The smallest absolute Gasteiger partial charge is 0.0464 e. The van der Waals surface area contributed by atoms with E-state index in [0.717, 1.165) is 85.5 Å². The molecule has 0 N–H and O–H groups in total. The molecule has 0 heterocycles. The number of nitrogens with zero attached hydrogens (tertiary/aromatic N) is 2. The Hall–Kier alpha value is -8.98. The molecule has 2 nitrogen and oxygen atoms in total. The average Bonchev–Trinajstić information content (AvgIpc) is 1.54. The molecule has 448 valence electrons. The lowest BCUT2D eigenvalue weighted by molar-refractivity contribution is 0.664. The van der Waals surface area contributed by atoms with Gasteiger partial charge in [0.15, 0.2) is 0 Å². The Balaban J connectivity index is 0.975. The quantitative estimate of drug-likeness (QED) is 0.0499. The van der Waals surface area contributed by atoms with Gasteiger partial charge in [-0.3, -0.25) is 0 Å². The first-order valence-corrected chi connectivity index (χ1v) is 33.4. The fourth-order valence-corrected chi connectivity index (χ4v) is 13.1. The number of aryl methyl sites for hydroxylation is 7. The number of benzene rings is 11. The summed E-state index contributed by atoms with van der Waals surface area (Å²) in [7, 11) is 0. The zero-order valence-corrected chi connectivity index (χ0v) is 54.0. The number of hydrogen-bond acceptors (Lipinski definition) is 2. The molecule has 0 bridgehead atoms. The van der Waals surface area contributed by atoms with E-state index < -0.39 is 0 Å². The lowest BCUT2D eigenvalue weighted by Crippen LogP contribution is -2.10. The van der Waals surface area contributed by atoms with Gasteiger partial charge in [0.05, 0.1) is 0 Å². The average molecular weight is 1160 g/mol. The summed E-state index contributed by atoms with van der Waals surface area (Å²) in [5, 5.41) is 0. The molecule has 0 saturated heterocycles. The first-order chi connectivity index (χ1) is 43.7. The maximum absolute atomic E-state index is 2.61. The van der Waals surface area contributed by atoms with Crippen LogP contribution in [0.4, 0.5) is 34.1 Å². The van der Waals surface area contributed by atoms with Crippen LogP contribution < -0.4 is 9.80 Å². The molecule has 0 atom stereocenters. The highest BCUT2D eigenvalue weighted by Gasteiger charge is 2.21. The fourth-order valence-electron chi connectivity index (χ4n) is 13.1. The number of unbranched alkanes of at least 4 members (excludes halogenated alkanes) is 6. The van der Waals surface area contributed by atoms with Crippen molar-refractivity contribution in [3.63, 3.8) is 0 Å². The second kappa shape index (κ2) is 29.8. The van der Waals surface area contributed by atoms with Crippen LogP contribution in [0.1, 0.15) is 131 Å². The van der Waals surface area contributed by atoms with E-state index in [9.17, 15) is 0 Å². The summed E-state index contributed by atoms with van der Waals surface area (Å²) in [5.74, 6) is 0. The molecule has 11 aromatic carbocycles. The third-order valence-corrected chi connectivity index (χ3v) is 18.1. The number of hydrogen-bond donors (Lipinski definition) is 0. The van der Waals surface area contributed by atoms with Crippen molar-refractivity contribution in [3.05, 3.63) is 288 Å². The summed E-state index contributed by atoms with van der Waals surface area (Å²) in [6.45, 7) is 15.9. The van der Waals surface area contributed by atoms with Crippen molar-refractivity contribution in [2.45, 2.75) is 138 Å². The summed E-state index contributed by atoms with van der Waals surface area (Å²) in [4.78, 5) is 4.87. The topological polar surface area (TPSA) is 6.48 Å². The highest BCUT2D eigenvalue weighted by molar-refractivity contribution is 5.87. The van der Waals surface area contributed by atoms with Crippen molar-refractivity contribution in [3.8, 4) is 66.8 Å². The molecule has 89 heavy (non-hydrogen) atoms. The molecule has 0 aliphatic heterocycles. The SMILES string of the molecule is CCCCCCc1cc(-c2ccc(N(c3ccc(-c4ccc(C)cc4)cc3)c3ccc(-c4ccc(CCC)cc4)cc3)cc2C)c(CCCCCC)cc1-c1ccc(N(c2ccc(-c3ccccc3)cc2)c2ccc(-c3ccc(CCC)cc3)cc2)cc1C. The molecule has 0 saturated carbocycles.